The van der Waals surface area contributed by atoms with Crippen molar-refractivity contribution in [1.82, 2.24) is 19.9 Å². The van der Waals surface area contributed by atoms with E-state index in [0.29, 0.717) is 28.3 Å². The number of nitrogen functional groups attached to an aromatic ring is 1. The fraction of sp³-hybridized carbons (Fsp3) is 0.417. The second kappa shape index (κ2) is 4.24. The Morgan fingerprint density at radius 1 is 1.50 bits per heavy atom. The fourth-order valence-corrected chi connectivity index (χ4v) is 2.75. The number of nitrogens with one attached hydrogen (secondary N) is 1. The Bertz CT molecular complexity index is 572. The standard InChI is InChI=1S/C12H14ClN5/c1-2-6-3-4-7-9(6)18-12(17-7)8-10(13)15-5-16-11(8)14/h5-6H,2-4H2,1H3,(H,17,18)(H2,14,15,16). The number of hydrogen-bond donors (Lipinski definition) is 2. The lowest BCUT2D eigenvalue weighted by atomic mass is 10.1. The number of halogens is 1. The summed E-state index contributed by atoms with van der Waals surface area (Å²) in [6.45, 7) is 2.18. The van der Waals surface area contributed by atoms with Crippen LogP contribution in [0.4, 0.5) is 5.82 Å². The third-order valence-corrected chi connectivity index (χ3v) is 3.79. The minimum atomic E-state index is 0.336. The smallest absolute Gasteiger partial charge is 0.145 e. The molecule has 0 aromatic carbocycles. The number of anilines is 1. The molecule has 1 unspecified atom stereocenters. The summed E-state index contributed by atoms with van der Waals surface area (Å²) < 4.78 is 0. The molecule has 0 fully saturated rings. The van der Waals surface area contributed by atoms with Crippen molar-refractivity contribution in [3.63, 3.8) is 0 Å². The number of hydrogen-bond acceptors (Lipinski definition) is 4. The zero-order valence-corrected chi connectivity index (χ0v) is 10.8. The van der Waals surface area contributed by atoms with Gasteiger partial charge < -0.3 is 10.7 Å². The van der Waals surface area contributed by atoms with E-state index in [1.165, 1.54) is 18.4 Å². The highest BCUT2D eigenvalue weighted by molar-refractivity contribution is 6.32. The van der Waals surface area contributed by atoms with Crippen molar-refractivity contribution in [3.8, 4) is 11.4 Å². The van der Waals surface area contributed by atoms with Crippen LogP contribution >= 0.6 is 11.6 Å². The molecule has 2 aromatic rings. The second-order valence-corrected chi connectivity index (χ2v) is 4.88. The first-order valence-electron chi connectivity index (χ1n) is 6.05. The molecule has 94 valence electrons. The molecule has 3 rings (SSSR count). The monoisotopic (exact) mass is 263 g/mol. The van der Waals surface area contributed by atoms with Crippen molar-refractivity contribution in [2.45, 2.75) is 32.1 Å². The predicted octanol–water partition coefficient (Wildman–Crippen LogP) is 2.54. The fourth-order valence-electron chi connectivity index (χ4n) is 2.52. The first kappa shape index (κ1) is 11.5. The van der Waals surface area contributed by atoms with E-state index in [-0.39, 0.29) is 0 Å². The Morgan fingerprint density at radius 2 is 2.33 bits per heavy atom. The van der Waals surface area contributed by atoms with E-state index in [0.717, 1.165) is 18.5 Å². The summed E-state index contributed by atoms with van der Waals surface area (Å²) in [6.07, 6.45) is 4.66. The molecule has 0 saturated heterocycles. The van der Waals surface area contributed by atoms with Crippen molar-refractivity contribution in [2.24, 2.45) is 0 Å². The van der Waals surface area contributed by atoms with Crippen LogP contribution in [-0.4, -0.2) is 19.9 Å². The molecular weight excluding hydrogens is 250 g/mol. The SMILES string of the molecule is CCC1CCc2[nH]c(-c3c(N)ncnc3Cl)nc21. The first-order chi connectivity index (χ1) is 8.70. The van der Waals surface area contributed by atoms with Crippen LogP contribution in [0.3, 0.4) is 0 Å². The number of H-pyrrole nitrogens is 1. The maximum Gasteiger partial charge on any atom is 0.145 e. The number of aromatic amines is 1. The molecule has 18 heavy (non-hydrogen) atoms. The van der Waals surface area contributed by atoms with Crippen molar-refractivity contribution in [2.75, 3.05) is 5.73 Å². The van der Waals surface area contributed by atoms with Gasteiger partial charge >= 0.3 is 0 Å². The third kappa shape index (κ3) is 1.66. The minimum absolute atomic E-state index is 0.336. The molecule has 0 amide bonds. The van der Waals surface area contributed by atoms with Gasteiger partial charge in [-0.2, -0.15) is 0 Å². The predicted molar refractivity (Wildman–Crippen MR) is 70.4 cm³/mol. The largest absolute Gasteiger partial charge is 0.383 e. The van der Waals surface area contributed by atoms with Crippen LogP contribution < -0.4 is 5.73 Å². The van der Waals surface area contributed by atoms with Crippen LogP contribution in [0, 0.1) is 0 Å². The maximum atomic E-state index is 6.07. The number of aryl methyl sites for hydroxylation is 1. The van der Waals surface area contributed by atoms with E-state index in [1.54, 1.807) is 0 Å². The van der Waals surface area contributed by atoms with E-state index in [4.69, 9.17) is 17.3 Å². The van der Waals surface area contributed by atoms with Gasteiger partial charge in [-0.1, -0.05) is 18.5 Å². The van der Waals surface area contributed by atoms with Gasteiger partial charge in [0.25, 0.3) is 0 Å². The Balaban J connectivity index is 2.09. The van der Waals surface area contributed by atoms with Crippen molar-refractivity contribution < 1.29 is 0 Å². The van der Waals surface area contributed by atoms with Crippen LogP contribution in [0.15, 0.2) is 6.33 Å². The minimum Gasteiger partial charge on any atom is -0.383 e. The number of rotatable bonds is 2. The lowest BCUT2D eigenvalue weighted by molar-refractivity contribution is 0.641. The molecule has 1 aliphatic rings. The van der Waals surface area contributed by atoms with Crippen LogP contribution in [0.25, 0.3) is 11.4 Å². The van der Waals surface area contributed by atoms with Crippen LogP contribution in [-0.2, 0) is 6.42 Å². The highest BCUT2D eigenvalue weighted by Gasteiger charge is 2.26. The van der Waals surface area contributed by atoms with Gasteiger partial charge in [-0.3, -0.25) is 0 Å². The number of nitrogens with two attached hydrogens (primary N) is 1. The van der Waals surface area contributed by atoms with E-state index in [1.807, 2.05) is 0 Å². The quantitative estimate of drug-likeness (QED) is 0.816. The maximum absolute atomic E-state index is 6.07. The van der Waals surface area contributed by atoms with Gasteiger partial charge in [-0.25, -0.2) is 15.0 Å². The average molecular weight is 264 g/mol. The molecule has 6 heteroatoms. The van der Waals surface area contributed by atoms with Crippen LogP contribution in [0.2, 0.25) is 5.15 Å². The summed E-state index contributed by atoms with van der Waals surface area (Å²) in [5, 5.41) is 0.336. The zero-order valence-electron chi connectivity index (χ0n) is 10.1. The van der Waals surface area contributed by atoms with Gasteiger partial charge in [-0.15, -0.1) is 0 Å². The van der Waals surface area contributed by atoms with Gasteiger partial charge in [0.2, 0.25) is 0 Å². The highest BCUT2D eigenvalue weighted by atomic mass is 35.5. The van der Waals surface area contributed by atoms with Gasteiger partial charge in [0.1, 0.15) is 23.1 Å². The Hall–Kier alpha value is -1.62. The first-order valence-corrected chi connectivity index (χ1v) is 6.43. The summed E-state index contributed by atoms with van der Waals surface area (Å²) in [5.41, 5.74) is 8.78. The van der Waals surface area contributed by atoms with Crippen LogP contribution in [0.5, 0.6) is 0 Å². The molecular formula is C12H14ClN5. The molecule has 0 radical (unpaired) electrons. The molecule has 1 aliphatic carbocycles. The van der Waals surface area contributed by atoms with Gasteiger partial charge in [0.15, 0.2) is 0 Å². The Labute approximate surface area is 110 Å². The molecule has 0 bridgehead atoms. The molecule has 0 aliphatic heterocycles. The lowest BCUT2D eigenvalue weighted by Gasteiger charge is -2.05. The summed E-state index contributed by atoms with van der Waals surface area (Å²) in [4.78, 5) is 15.8. The second-order valence-electron chi connectivity index (χ2n) is 4.52. The Kier molecular flexibility index (Phi) is 2.70. The number of aromatic nitrogens is 4. The molecule has 2 heterocycles. The highest BCUT2D eigenvalue weighted by Crippen LogP contribution is 2.37. The van der Waals surface area contributed by atoms with E-state index < -0.39 is 0 Å². The average Bonchev–Trinajstić information content (AvgIpc) is 2.88. The lowest BCUT2D eigenvalue weighted by Crippen LogP contribution is -1.99. The van der Waals surface area contributed by atoms with E-state index in [9.17, 15) is 0 Å². The van der Waals surface area contributed by atoms with Crippen molar-refractivity contribution in [1.29, 1.82) is 0 Å². The number of imidazole rings is 1. The van der Waals surface area contributed by atoms with Crippen molar-refractivity contribution in [3.05, 3.63) is 22.9 Å². The van der Waals surface area contributed by atoms with Crippen molar-refractivity contribution >= 4 is 17.4 Å². The van der Waals surface area contributed by atoms with E-state index in [2.05, 4.69) is 26.9 Å². The topological polar surface area (TPSA) is 80.5 Å². The zero-order chi connectivity index (χ0) is 12.7. The van der Waals surface area contributed by atoms with Gasteiger partial charge in [0, 0.05) is 11.6 Å². The van der Waals surface area contributed by atoms with Gasteiger partial charge in [0.05, 0.1) is 11.3 Å². The molecule has 3 N–H and O–H groups in total. The molecule has 0 spiro atoms. The number of fused-ring (bicyclic) bond motifs is 1. The summed E-state index contributed by atoms with van der Waals surface area (Å²) in [6, 6.07) is 0. The molecule has 5 nitrogen and oxygen atoms in total. The molecule has 1 atom stereocenters. The number of nitrogens with zero attached hydrogens (tertiary/aromatic N) is 3. The van der Waals surface area contributed by atoms with Gasteiger partial charge in [-0.05, 0) is 19.3 Å². The molecule has 2 aromatic heterocycles. The Morgan fingerprint density at radius 3 is 3.06 bits per heavy atom. The van der Waals surface area contributed by atoms with E-state index >= 15 is 0 Å². The van der Waals surface area contributed by atoms with Crippen LogP contribution in [0.1, 0.15) is 37.1 Å². The summed E-state index contributed by atoms with van der Waals surface area (Å²) >= 11 is 6.07. The summed E-state index contributed by atoms with van der Waals surface area (Å²) in [5.74, 6) is 1.58. The normalized spacial score (nSPS) is 18.0. The third-order valence-electron chi connectivity index (χ3n) is 3.50. The molecule has 0 saturated carbocycles. The summed E-state index contributed by atoms with van der Waals surface area (Å²) in [7, 11) is 0.